The molecule has 0 radical (unpaired) electrons. The molecule has 1 aliphatic heterocycles. The van der Waals surface area contributed by atoms with Gasteiger partial charge in [-0.3, -0.25) is 15.1 Å². The second-order valence-corrected chi connectivity index (χ2v) is 5.27. The molecule has 0 bridgehead atoms. The number of nitrogens with zero attached hydrogens (tertiary/aromatic N) is 2. The van der Waals surface area contributed by atoms with Crippen molar-refractivity contribution in [3.05, 3.63) is 35.4 Å². The van der Waals surface area contributed by atoms with E-state index in [2.05, 4.69) is 29.3 Å². The maximum atomic E-state index is 11.7. The lowest BCUT2D eigenvalue weighted by Crippen LogP contribution is -2.33. The van der Waals surface area contributed by atoms with Crippen LogP contribution in [0.2, 0.25) is 0 Å². The summed E-state index contributed by atoms with van der Waals surface area (Å²) in [5.74, 6) is 5.00. The number of nitrogen functional groups attached to an aromatic ring is 1. The third kappa shape index (κ3) is 3.32. The Balaban J connectivity index is 2.06. The molecule has 1 aromatic carbocycles. The van der Waals surface area contributed by atoms with Crippen LogP contribution in [0.1, 0.15) is 22.3 Å². The number of rotatable bonds is 4. The monoisotopic (exact) mass is 262 g/mol. The lowest BCUT2D eigenvalue weighted by molar-refractivity contribution is 0.0951. The fourth-order valence-electron chi connectivity index (χ4n) is 2.58. The summed E-state index contributed by atoms with van der Waals surface area (Å²) in [4.78, 5) is 16.4. The molecule has 2 rings (SSSR count). The van der Waals surface area contributed by atoms with Gasteiger partial charge in [0.15, 0.2) is 0 Å². The van der Waals surface area contributed by atoms with Crippen LogP contribution in [0.3, 0.4) is 0 Å². The van der Waals surface area contributed by atoms with Crippen LogP contribution in [-0.4, -0.2) is 48.9 Å². The summed E-state index contributed by atoms with van der Waals surface area (Å²) in [6.07, 6.45) is 1.18. The molecule has 1 amide bonds. The molecule has 1 atom stereocenters. The van der Waals surface area contributed by atoms with Crippen molar-refractivity contribution >= 4 is 5.91 Å². The van der Waals surface area contributed by atoms with Gasteiger partial charge >= 0.3 is 0 Å². The first-order valence-corrected chi connectivity index (χ1v) is 6.59. The number of likely N-dealkylation sites (N-methyl/N-ethyl adjacent to an activating group) is 1. The molecule has 1 fully saturated rings. The highest BCUT2D eigenvalue weighted by atomic mass is 16.2. The van der Waals surface area contributed by atoms with E-state index in [0.717, 1.165) is 25.2 Å². The molecule has 0 aromatic heterocycles. The summed E-state index contributed by atoms with van der Waals surface area (Å²) < 4.78 is 0. The maximum absolute atomic E-state index is 11.7. The lowest BCUT2D eigenvalue weighted by Gasteiger charge is -2.21. The van der Waals surface area contributed by atoms with Gasteiger partial charge in [0.1, 0.15) is 0 Å². The van der Waals surface area contributed by atoms with Crippen molar-refractivity contribution in [2.24, 2.45) is 5.84 Å². The van der Waals surface area contributed by atoms with Gasteiger partial charge in [-0.1, -0.05) is 18.2 Å². The molecular weight excluding hydrogens is 240 g/mol. The van der Waals surface area contributed by atoms with Crippen LogP contribution < -0.4 is 11.3 Å². The number of carbonyl (C=O) groups excluding carboxylic acids is 1. The number of hydrogen-bond acceptors (Lipinski definition) is 4. The van der Waals surface area contributed by atoms with E-state index in [1.165, 1.54) is 6.42 Å². The Morgan fingerprint density at radius 3 is 2.84 bits per heavy atom. The zero-order valence-electron chi connectivity index (χ0n) is 11.6. The molecule has 19 heavy (non-hydrogen) atoms. The van der Waals surface area contributed by atoms with Gasteiger partial charge in [-0.2, -0.15) is 0 Å². The van der Waals surface area contributed by atoms with E-state index in [9.17, 15) is 4.79 Å². The average Bonchev–Trinajstić information content (AvgIpc) is 2.87. The van der Waals surface area contributed by atoms with Crippen molar-refractivity contribution in [3.8, 4) is 0 Å². The minimum atomic E-state index is -0.223. The normalized spacial score (nSPS) is 19.9. The molecule has 3 N–H and O–H groups in total. The summed E-state index contributed by atoms with van der Waals surface area (Å²) in [5.41, 5.74) is 3.91. The predicted octanol–water partition coefficient (Wildman–Crippen LogP) is 0.426. The van der Waals surface area contributed by atoms with Gasteiger partial charge in [-0.15, -0.1) is 0 Å². The maximum Gasteiger partial charge on any atom is 0.265 e. The molecule has 5 nitrogen and oxygen atoms in total. The fraction of sp³-hybridized carbons (Fsp3) is 0.500. The van der Waals surface area contributed by atoms with Crippen LogP contribution >= 0.6 is 0 Å². The highest BCUT2D eigenvalue weighted by Crippen LogP contribution is 2.18. The Morgan fingerprint density at radius 1 is 1.47 bits per heavy atom. The summed E-state index contributed by atoms with van der Waals surface area (Å²) in [6, 6.07) is 8.24. The Labute approximate surface area is 114 Å². The zero-order chi connectivity index (χ0) is 13.8. The smallest absolute Gasteiger partial charge is 0.265 e. The number of benzene rings is 1. The second-order valence-electron chi connectivity index (χ2n) is 5.27. The molecule has 5 heteroatoms. The molecule has 1 aromatic rings. The number of nitrogens with one attached hydrogen (secondary N) is 1. The molecule has 1 heterocycles. The van der Waals surface area contributed by atoms with E-state index in [-0.39, 0.29) is 5.91 Å². The number of amides is 1. The largest absolute Gasteiger partial charge is 0.305 e. The van der Waals surface area contributed by atoms with Crippen LogP contribution in [0.4, 0.5) is 0 Å². The summed E-state index contributed by atoms with van der Waals surface area (Å²) in [6.45, 7) is 2.92. The number of nitrogens with two attached hydrogens (primary N) is 1. The fourth-order valence-corrected chi connectivity index (χ4v) is 2.58. The second kappa shape index (κ2) is 6.14. The van der Waals surface area contributed by atoms with Crippen LogP contribution in [0.5, 0.6) is 0 Å². The predicted molar refractivity (Wildman–Crippen MR) is 75.5 cm³/mol. The van der Waals surface area contributed by atoms with Gasteiger partial charge in [0.05, 0.1) is 0 Å². The van der Waals surface area contributed by atoms with Crippen molar-refractivity contribution in [1.82, 2.24) is 15.2 Å². The molecule has 1 aliphatic rings. The minimum Gasteiger partial charge on any atom is -0.305 e. The van der Waals surface area contributed by atoms with Crippen molar-refractivity contribution in [2.75, 3.05) is 27.2 Å². The first-order chi connectivity index (χ1) is 9.11. The summed E-state index contributed by atoms with van der Waals surface area (Å²) in [7, 11) is 4.23. The van der Waals surface area contributed by atoms with Crippen LogP contribution in [-0.2, 0) is 6.54 Å². The van der Waals surface area contributed by atoms with E-state index in [1.807, 2.05) is 24.3 Å². The number of hydrazine groups is 1. The number of likely N-dealkylation sites (tertiary alicyclic amines) is 1. The third-order valence-corrected chi connectivity index (χ3v) is 3.76. The molecule has 0 saturated carbocycles. The lowest BCUT2D eigenvalue weighted by atomic mass is 10.1. The number of hydrogen-bond donors (Lipinski definition) is 2. The number of carbonyl (C=O) groups is 1. The van der Waals surface area contributed by atoms with Crippen molar-refractivity contribution in [1.29, 1.82) is 0 Å². The van der Waals surface area contributed by atoms with Gasteiger partial charge in [-0.25, -0.2) is 5.84 Å². The Kier molecular flexibility index (Phi) is 4.52. The van der Waals surface area contributed by atoms with Gasteiger partial charge in [0.2, 0.25) is 0 Å². The average molecular weight is 262 g/mol. The summed E-state index contributed by atoms with van der Waals surface area (Å²) in [5, 5.41) is 0. The quantitative estimate of drug-likeness (QED) is 0.469. The van der Waals surface area contributed by atoms with E-state index >= 15 is 0 Å². The molecule has 0 aliphatic carbocycles. The topological polar surface area (TPSA) is 61.6 Å². The molecule has 1 saturated heterocycles. The first kappa shape index (κ1) is 14.0. The Hall–Kier alpha value is -1.43. The van der Waals surface area contributed by atoms with E-state index in [0.29, 0.717) is 11.6 Å². The van der Waals surface area contributed by atoms with Gasteiger partial charge in [-0.05, 0) is 32.1 Å². The molecule has 0 spiro atoms. The summed E-state index contributed by atoms with van der Waals surface area (Å²) >= 11 is 0. The SMILES string of the molecule is CN(C)C1CCN(Cc2ccccc2C(=O)NN)C1. The highest BCUT2D eigenvalue weighted by Gasteiger charge is 2.24. The zero-order valence-corrected chi connectivity index (χ0v) is 11.6. The van der Waals surface area contributed by atoms with Crippen LogP contribution in [0.15, 0.2) is 24.3 Å². The highest BCUT2D eigenvalue weighted by molar-refractivity contribution is 5.95. The third-order valence-electron chi connectivity index (χ3n) is 3.76. The Morgan fingerprint density at radius 2 is 2.21 bits per heavy atom. The van der Waals surface area contributed by atoms with Crippen molar-refractivity contribution in [2.45, 2.75) is 19.0 Å². The van der Waals surface area contributed by atoms with Crippen molar-refractivity contribution in [3.63, 3.8) is 0 Å². The van der Waals surface area contributed by atoms with Gasteiger partial charge in [0.25, 0.3) is 5.91 Å². The van der Waals surface area contributed by atoms with Crippen LogP contribution in [0, 0.1) is 0 Å². The first-order valence-electron chi connectivity index (χ1n) is 6.59. The molecule has 1 unspecified atom stereocenters. The van der Waals surface area contributed by atoms with Gasteiger partial charge < -0.3 is 4.90 Å². The molecule has 104 valence electrons. The van der Waals surface area contributed by atoms with Gasteiger partial charge in [0, 0.05) is 31.2 Å². The molecular formula is C14H22N4O. The van der Waals surface area contributed by atoms with E-state index < -0.39 is 0 Å². The van der Waals surface area contributed by atoms with Crippen molar-refractivity contribution < 1.29 is 4.79 Å². The minimum absolute atomic E-state index is 0.223. The van der Waals surface area contributed by atoms with E-state index in [1.54, 1.807) is 0 Å². The van der Waals surface area contributed by atoms with E-state index in [4.69, 9.17) is 5.84 Å². The van der Waals surface area contributed by atoms with Crippen LogP contribution in [0.25, 0.3) is 0 Å². The standard InChI is InChI=1S/C14H22N4O/c1-17(2)12-7-8-18(10-12)9-11-5-3-4-6-13(11)14(19)16-15/h3-6,12H,7-10,15H2,1-2H3,(H,16,19). The Bertz CT molecular complexity index is 447.